The summed E-state index contributed by atoms with van der Waals surface area (Å²) in [6, 6.07) is 5.78. The van der Waals surface area contributed by atoms with Crippen LogP contribution in [0.15, 0.2) is 29.2 Å². The normalized spacial score (nSPS) is 11.8. The highest BCUT2D eigenvalue weighted by molar-refractivity contribution is 7.85. The van der Waals surface area contributed by atoms with Crippen molar-refractivity contribution >= 4 is 21.7 Å². The van der Waals surface area contributed by atoms with Crippen LogP contribution in [0.3, 0.4) is 0 Å². The van der Waals surface area contributed by atoms with E-state index in [0.717, 1.165) is 22.3 Å². The molecule has 0 radical (unpaired) electrons. The Hall–Kier alpha value is -0.620. The molecule has 0 spiro atoms. The van der Waals surface area contributed by atoms with Crippen LogP contribution in [0, 0.1) is 6.92 Å². The van der Waals surface area contributed by atoms with E-state index in [0.29, 0.717) is 0 Å². The SMILES string of the molecule is CCCCCCCCCCC[N+](C)(C)CCCCl.Cc1ccc(S(=O)(=O)[O-])cc1. The van der Waals surface area contributed by atoms with Crippen molar-refractivity contribution in [3.8, 4) is 0 Å². The Labute approximate surface area is 185 Å². The van der Waals surface area contributed by atoms with Gasteiger partial charge in [-0.1, -0.05) is 69.6 Å². The first-order valence-electron chi connectivity index (χ1n) is 11.0. The molecule has 0 saturated carbocycles. The summed E-state index contributed by atoms with van der Waals surface area (Å²) in [6.45, 7) is 6.64. The minimum Gasteiger partial charge on any atom is -0.744 e. The standard InChI is InChI=1S/C16H35ClN.C7H8O3S/c1-4-5-6-7-8-9-10-11-12-15-18(2,3)16-13-14-17;1-6-2-4-7(5-3-6)11(8,9)10/h4-16H2,1-3H3;2-5H,1H3,(H,8,9,10)/q+1;/p-1. The van der Waals surface area contributed by atoms with Crippen LogP contribution in [0.25, 0.3) is 0 Å². The Kier molecular flexibility index (Phi) is 15.8. The molecule has 0 bridgehead atoms. The van der Waals surface area contributed by atoms with Crippen LogP contribution in [0.2, 0.25) is 0 Å². The Bertz CT molecular complexity index is 616. The lowest BCUT2D eigenvalue weighted by Crippen LogP contribution is -2.41. The minimum atomic E-state index is -4.27. The summed E-state index contributed by atoms with van der Waals surface area (Å²) in [6.07, 6.45) is 13.9. The monoisotopic (exact) mass is 447 g/mol. The van der Waals surface area contributed by atoms with Gasteiger partial charge in [-0.05, 0) is 31.9 Å². The summed E-state index contributed by atoms with van der Waals surface area (Å²) < 4.78 is 32.3. The number of hydrogen-bond acceptors (Lipinski definition) is 3. The zero-order valence-corrected chi connectivity index (χ0v) is 20.5. The minimum absolute atomic E-state index is 0.178. The van der Waals surface area contributed by atoms with Crippen LogP contribution in [-0.2, 0) is 10.1 Å². The van der Waals surface area contributed by atoms with Gasteiger partial charge in [-0.3, -0.25) is 0 Å². The molecule has 1 rings (SSSR count). The predicted molar refractivity (Wildman–Crippen MR) is 124 cm³/mol. The molecule has 0 heterocycles. The Balaban J connectivity index is 0.000000604. The van der Waals surface area contributed by atoms with Crippen molar-refractivity contribution < 1.29 is 17.5 Å². The lowest BCUT2D eigenvalue weighted by molar-refractivity contribution is -0.890. The maximum Gasteiger partial charge on any atom is 0.124 e. The van der Waals surface area contributed by atoms with Crippen molar-refractivity contribution in [1.29, 1.82) is 0 Å². The number of aryl methyl sites for hydroxylation is 1. The van der Waals surface area contributed by atoms with E-state index >= 15 is 0 Å². The molecule has 1 aromatic carbocycles. The summed E-state index contributed by atoms with van der Waals surface area (Å²) >= 11 is 5.75. The molecule has 0 aromatic heterocycles. The van der Waals surface area contributed by atoms with E-state index in [1.165, 1.54) is 83.0 Å². The van der Waals surface area contributed by atoms with Crippen molar-refractivity contribution in [3.05, 3.63) is 29.8 Å². The first kappa shape index (κ1) is 28.4. The van der Waals surface area contributed by atoms with Gasteiger partial charge in [-0.25, -0.2) is 8.42 Å². The first-order valence-corrected chi connectivity index (χ1v) is 13.0. The fraction of sp³-hybridized carbons (Fsp3) is 0.739. The second-order valence-electron chi connectivity index (χ2n) is 8.52. The van der Waals surface area contributed by atoms with Crippen LogP contribution in [0.4, 0.5) is 0 Å². The molecule has 0 atom stereocenters. The number of halogens is 1. The van der Waals surface area contributed by atoms with Crippen molar-refractivity contribution in [1.82, 2.24) is 0 Å². The maximum atomic E-state index is 10.4. The molecule has 29 heavy (non-hydrogen) atoms. The predicted octanol–water partition coefficient (Wildman–Crippen LogP) is 6.12. The number of hydrogen-bond donors (Lipinski definition) is 0. The summed E-state index contributed by atoms with van der Waals surface area (Å²) in [5.74, 6) is 0.805. The molecule has 6 heteroatoms. The van der Waals surface area contributed by atoms with E-state index in [1.54, 1.807) is 12.1 Å². The highest BCUT2D eigenvalue weighted by atomic mass is 35.5. The largest absolute Gasteiger partial charge is 0.744 e. The molecule has 0 amide bonds. The first-order chi connectivity index (χ1) is 13.6. The van der Waals surface area contributed by atoms with E-state index in [9.17, 15) is 13.0 Å². The smallest absolute Gasteiger partial charge is 0.124 e. The van der Waals surface area contributed by atoms with Crippen LogP contribution < -0.4 is 0 Å². The van der Waals surface area contributed by atoms with Crippen molar-refractivity contribution in [2.24, 2.45) is 0 Å². The third-order valence-corrected chi connectivity index (χ3v) is 6.19. The van der Waals surface area contributed by atoms with Crippen LogP contribution >= 0.6 is 11.6 Å². The highest BCUT2D eigenvalue weighted by Crippen LogP contribution is 2.11. The average Bonchev–Trinajstić information content (AvgIpc) is 2.65. The molecule has 0 unspecified atom stereocenters. The lowest BCUT2D eigenvalue weighted by Gasteiger charge is -2.29. The molecule has 170 valence electrons. The van der Waals surface area contributed by atoms with Crippen LogP contribution in [0.5, 0.6) is 0 Å². The van der Waals surface area contributed by atoms with Crippen LogP contribution in [-0.4, -0.2) is 50.5 Å². The molecular formula is C23H42ClNO3S. The molecule has 0 aliphatic carbocycles. The van der Waals surface area contributed by atoms with Gasteiger partial charge in [0, 0.05) is 12.3 Å². The fourth-order valence-corrected chi connectivity index (χ4v) is 3.74. The second kappa shape index (κ2) is 16.1. The van der Waals surface area contributed by atoms with Crippen LogP contribution in [0.1, 0.15) is 76.7 Å². The van der Waals surface area contributed by atoms with Gasteiger partial charge in [0.2, 0.25) is 0 Å². The van der Waals surface area contributed by atoms with Crippen molar-refractivity contribution in [2.45, 2.75) is 83.0 Å². The summed E-state index contributed by atoms with van der Waals surface area (Å²) in [7, 11) is 0.392. The average molecular weight is 448 g/mol. The zero-order valence-electron chi connectivity index (χ0n) is 19.0. The quantitative estimate of drug-likeness (QED) is 0.149. The number of rotatable bonds is 14. The third kappa shape index (κ3) is 16.8. The maximum absolute atomic E-state index is 10.4. The summed E-state index contributed by atoms with van der Waals surface area (Å²) in [5.41, 5.74) is 0.928. The number of quaternary nitrogens is 1. The molecule has 0 aliphatic rings. The zero-order chi connectivity index (χ0) is 22.2. The van der Waals surface area contributed by atoms with Gasteiger partial charge >= 0.3 is 0 Å². The number of alkyl halides is 1. The van der Waals surface area contributed by atoms with Gasteiger partial charge in [0.1, 0.15) is 10.1 Å². The number of benzene rings is 1. The Morgan fingerprint density at radius 1 is 0.828 bits per heavy atom. The van der Waals surface area contributed by atoms with Gasteiger partial charge in [0.15, 0.2) is 0 Å². The van der Waals surface area contributed by atoms with Gasteiger partial charge in [-0.2, -0.15) is 0 Å². The number of unbranched alkanes of at least 4 members (excludes halogenated alkanes) is 8. The van der Waals surface area contributed by atoms with E-state index in [4.69, 9.17) is 11.6 Å². The number of nitrogens with zero attached hydrogens (tertiary/aromatic N) is 1. The Morgan fingerprint density at radius 3 is 1.72 bits per heavy atom. The van der Waals surface area contributed by atoms with E-state index < -0.39 is 10.1 Å². The Morgan fingerprint density at radius 2 is 1.28 bits per heavy atom. The van der Waals surface area contributed by atoms with Gasteiger partial charge in [0.05, 0.1) is 32.1 Å². The van der Waals surface area contributed by atoms with Gasteiger partial charge in [-0.15, -0.1) is 11.6 Å². The second-order valence-corrected chi connectivity index (χ2v) is 10.3. The summed E-state index contributed by atoms with van der Waals surface area (Å²) in [4.78, 5) is -0.178. The molecular weight excluding hydrogens is 406 g/mol. The molecule has 0 saturated heterocycles. The van der Waals surface area contributed by atoms with E-state index in [2.05, 4.69) is 21.0 Å². The topological polar surface area (TPSA) is 57.2 Å². The molecule has 0 N–H and O–H groups in total. The molecule has 0 fully saturated rings. The fourth-order valence-electron chi connectivity index (χ4n) is 3.16. The highest BCUT2D eigenvalue weighted by Gasteiger charge is 2.12. The van der Waals surface area contributed by atoms with Crippen molar-refractivity contribution in [3.63, 3.8) is 0 Å². The van der Waals surface area contributed by atoms with E-state index in [1.807, 2.05) is 6.92 Å². The molecule has 4 nitrogen and oxygen atoms in total. The summed E-state index contributed by atoms with van der Waals surface area (Å²) in [5, 5.41) is 0. The lowest BCUT2D eigenvalue weighted by atomic mass is 10.1. The van der Waals surface area contributed by atoms with Crippen molar-refractivity contribution in [2.75, 3.05) is 33.1 Å². The third-order valence-electron chi connectivity index (χ3n) is 5.07. The molecule has 0 aliphatic heterocycles. The van der Waals surface area contributed by atoms with Gasteiger partial charge in [0.25, 0.3) is 0 Å². The van der Waals surface area contributed by atoms with E-state index in [-0.39, 0.29) is 4.90 Å². The molecule has 1 aromatic rings. The van der Waals surface area contributed by atoms with Gasteiger partial charge < -0.3 is 9.04 Å².